The Balaban J connectivity index is 1.66. The van der Waals surface area contributed by atoms with Crippen molar-refractivity contribution in [1.82, 2.24) is 19.5 Å². The molecule has 33 heavy (non-hydrogen) atoms. The zero-order chi connectivity index (χ0) is 24.1. The standard InChI is InChI=1S/C21H29N5O7/c1-9(2)16(27)24-20-23-15-12(17(28)25-20)22-8-26(15)18-14-13(32-21(5,6)33-14)11(31-18)7-30-19(29)10(3)4/h8-11,13-14,18H,7H2,1-6H3,(H2,23,24,25,27,28)/t11-,13-,14-,18-/m1/s1. The van der Waals surface area contributed by atoms with Crippen molar-refractivity contribution in [3.05, 3.63) is 16.7 Å². The van der Waals surface area contributed by atoms with Crippen LogP contribution in [0.4, 0.5) is 5.95 Å². The minimum absolute atomic E-state index is 0.00818. The molecular weight excluding hydrogens is 434 g/mol. The Hall–Kier alpha value is -2.83. The molecule has 12 heteroatoms. The van der Waals surface area contributed by atoms with Crippen LogP contribution in [0.1, 0.15) is 47.8 Å². The number of ether oxygens (including phenoxy) is 4. The van der Waals surface area contributed by atoms with Gasteiger partial charge in [-0.1, -0.05) is 27.7 Å². The van der Waals surface area contributed by atoms with E-state index in [0.29, 0.717) is 0 Å². The molecule has 0 aromatic carbocycles. The molecular formula is C21H29N5O7. The number of fused-ring (bicyclic) bond motifs is 2. The Morgan fingerprint density at radius 2 is 1.91 bits per heavy atom. The fourth-order valence-corrected chi connectivity index (χ4v) is 3.78. The van der Waals surface area contributed by atoms with E-state index in [0.717, 1.165) is 0 Å². The first-order chi connectivity index (χ1) is 15.5. The lowest BCUT2D eigenvalue weighted by molar-refractivity contribution is -0.202. The maximum absolute atomic E-state index is 12.5. The van der Waals surface area contributed by atoms with Gasteiger partial charge in [-0.05, 0) is 13.8 Å². The highest BCUT2D eigenvalue weighted by Gasteiger charge is 2.56. The predicted octanol–water partition coefficient (Wildman–Crippen LogP) is 1.33. The number of aromatic nitrogens is 4. The summed E-state index contributed by atoms with van der Waals surface area (Å²) < 4.78 is 25.2. The van der Waals surface area contributed by atoms with E-state index in [1.807, 2.05) is 0 Å². The molecule has 12 nitrogen and oxygen atoms in total. The van der Waals surface area contributed by atoms with Crippen molar-refractivity contribution in [2.24, 2.45) is 11.8 Å². The summed E-state index contributed by atoms with van der Waals surface area (Å²) in [6.45, 7) is 10.5. The van der Waals surface area contributed by atoms with Crippen LogP contribution in [0.25, 0.3) is 11.2 Å². The normalized spacial score (nSPS) is 26.2. The molecule has 2 saturated heterocycles. The van der Waals surface area contributed by atoms with E-state index in [2.05, 4.69) is 20.3 Å². The molecule has 0 unspecified atom stereocenters. The topological polar surface area (TPSA) is 147 Å². The van der Waals surface area contributed by atoms with E-state index in [9.17, 15) is 14.4 Å². The third-order valence-electron chi connectivity index (χ3n) is 5.46. The number of nitrogens with zero attached hydrogens (tertiary/aromatic N) is 3. The molecule has 0 bridgehead atoms. The fourth-order valence-electron chi connectivity index (χ4n) is 3.78. The Morgan fingerprint density at radius 1 is 1.21 bits per heavy atom. The average Bonchev–Trinajstić information content (AvgIpc) is 3.37. The van der Waals surface area contributed by atoms with Crippen molar-refractivity contribution in [3.63, 3.8) is 0 Å². The Morgan fingerprint density at radius 3 is 2.58 bits per heavy atom. The summed E-state index contributed by atoms with van der Waals surface area (Å²) in [6, 6.07) is 0. The van der Waals surface area contributed by atoms with Crippen molar-refractivity contribution in [1.29, 1.82) is 0 Å². The summed E-state index contributed by atoms with van der Waals surface area (Å²) in [5.41, 5.74) is -0.195. The summed E-state index contributed by atoms with van der Waals surface area (Å²) in [7, 11) is 0. The van der Waals surface area contributed by atoms with Gasteiger partial charge in [0.15, 0.2) is 23.2 Å². The first kappa shape index (κ1) is 23.3. The molecule has 2 fully saturated rings. The van der Waals surface area contributed by atoms with E-state index in [4.69, 9.17) is 18.9 Å². The molecule has 2 N–H and O–H groups in total. The van der Waals surface area contributed by atoms with Crippen molar-refractivity contribution < 1.29 is 28.5 Å². The zero-order valence-corrected chi connectivity index (χ0v) is 19.4. The number of hydrogen-bond acceptors (Lipinski definition) is 9. The molecule has 0 spiro atoms. The summed E-state index contributed by atoms with van der Waals surface area (Å²) >= 11 is 0. The number of amides is 1. The van der Waals surface area contributed by atoms with Crippen LogP contribution in [0.3, 0.4) is 0 Å². The van der Waals surface area contributed by atoms with Crippen molar-refractivity contribution >= 4 is 29.0 Å². The second-order valence-electron chi connectivity index (χ2n) is 9.30. The van der Waals surface area contributed by atoms with E-state index >= 15 is 0 Å². The smallest absolute Gasteiger partial charge is 0.308 e. The van der Waals surface area contributed by atoms with E-state index < -0.39 is 35.9 Å². The minimum Gasteiger partial charge on any atom is -0.463 e. The van der Waals surface area contributed by atoms with Crippen molar-refractivity contribution in [3.8, 4) is 0 Å². The largest absolute Gasteiger partial charge is 0.463 e. The lowest BCUT2D eigenvalue weighted by atomic mass is 10.1. The second-order valence-corrected chi connectivity index (χ2v) is 9.30. The molecule has 4 heterocycles. The van der Waals surface area contributed by atoms with Crippen LogP contribution in [-0.2, 0) is 28.5 Å². The maximum atomic E-state index is 12.5. The van der Waals surface area contributed by atoms with Crippen molar-refractivity contribution in [2.75, 3.05) is 11.9 Å². The van der Waals surface area contributed by atoms with Gasteiger partial charge in [-0.15, -0.1) is 0 Å². The fraction of sp³-hybridized carbons (Fsp3) is 0.667. The number of nitrogens with one attached hydrogen (secondary N) is 2. The van der Waals surface area contributed by atoms with Crippen LogP contribution in [0.5, 0.6) is 0 Å². The van der Waals surface area contributed by atoms with Gasteiger partial charge in [0.2, 0.25) is 11.9 Å². The van der Waals surface area contributed by atoms with Crippen LogP contribution >= 0.6 is 0 Å². The molecule has 0 aliphatic carbocycles. The summed E-state index contributed by atoms with van der Waals surface area (Å²) in [5.74, 6) is -2.08. The number of esters is 1. The summed E-state index contributed by atoms with van der Waals surface area (Å²) in [4.78, 5) is 47.7. The number of carbonyl (C=O) groups is 2. The molecule has 2 aliphatic rings. The molecule has 2 aromatic rings. The number of anilines is 1. The van der Waals surface area contributed by atoms with Crippen LogP contribution in [0.15, 0.2) is 11.1 Å². The van der Waals surface area contributed by atoms with Crippen LogP contribution in [-0.4, -0.2) is 62.1 Å². The van der Waals surface area contributed by atoms with Gasteiger partial charge < -0.3 is 18.9 Å². The molecule has 4 rings (SSSR count). The molecule has 2 aliphatic heterocycles. The van der Waals surface area contributed by atoms with Crippen LogP contribution < -0.4 is 10.9 Å². The van der Waals surface area contributed by atoms with Gasteiger partial charge in [-0.2, -0.15) is 4.98 Å². The van der Waals surface area contributed by atoms with Gasteiger partial charge in [-0.25, -0.2) is 4.98 Å². The molecule has 180 valence electrons. The first-order valence-electron chi connectivity index (χ1n) is 10.9. The third-order valence-corrected chi connectivity index (χ3v) is 5.46. The highest BCUT2D eigenvalue weighted by Crippen LogP contribution is 2.43. The highest BCUT2D eigenvalue weighted by molar-refractivity contribution is 5.91. The second kappa shape index (κ2) is 8.50. The number of aromatic amines is 1. The number of H-pyrrole nitrogens is 1. The van der Waals surface area contributed by atoms with Gasteiger partial charge in [0.25, 0.3) is 5.56 Å². The number of rotatable bonds is 6. The minimum atomic E-state index is -0.880. The van der Waals surface area contributed by atoms with Gasteiger partial charge in [0, 0.05) is 5.92 Å². The van der Waals surface area contributed by atoms with E-state index in [1.165, 1.54) is 6.33 Å². The average molecular weight is 463 g/mol. The number of carbonyl (C=O) groups excluding carboxylic acids is 2. The molecule has 2 aromatic heterocycles. The highest BCUT2D eigenvalue weighted by atomic mass is 16.8. The summed E-state index contributed by atoms with van der Waals surface area (Å²) in [6.07, 6.45) is -0.976. The monoisotopic (exact) mass is 463 g/mol. The van der Waals surface area contributed by atoms with Gasteiger partial charge >= 0.3 is 5.97 Å². The molecule has 4 atom stereocenters. The van der Waals surface area contributed by atoms with Gasteiger partial charge in [0.05, 0.1) is 12.2 Å². The molecule has 1 amide bonds. The zero-order valence-electron chi connectivity index (χ0n) is 19.4. The predicted molar refractivity (Wildman–Crippen MR) is 115 cm³/mol. The van der Waals surface area contributed by atoms with Crippen LogP contribution in [0, 0.1) is 11.8 Å². The molecule has 0 saturated carbocycles. The maximum Gasteiger partial charge on any atom is 0.308 e. The van der Waals surface area contributed by atoms with Crippen LogP contribution in [0.2, 0.25) is 0 Å². The Bertz CT molecular complexity index is 1120. The van der Waals surface area contributed by atoms with E-state index in [1.54, 1.807) is 46.1 Å². The number of hydrogen-bond donors (Lipinski definition) is 2. The quantitative estimate of drug-likeness (QED) is 0.606. The van der Waals surface area contributed by atoms with Gasteiger partial charge in [-0.3, -0.25) is 29.3 Å². The van der Waals surface area contributed by atoms with Gasteiger partial charge in [0.1, 0.15) is 24.9 Å². The Kier molecular flexibility index (Phi) is 6.01. The SMILES string of the molecule is CC(C)C(=O)Nc1nc2c(ncn2[C@@H]2O[C@H](COC(=O)C(C)C)[C@H]3OC(C)(C)O[C@H]32)c(=O)[nH]1. The lowest BCUT2D eigenvalue weighted by Crippen LogP contribution is -2.34. The third kappa shape index (κ3) is 4.50. The lowest BCUT2D eigenvalue weighted by Gasteiger charge is -2.24. The number of imidazole rings is 1. The summed E-state index contributed by atoms with van der Waals surface area (Å²) in [5, 5.41) is 2.59. The first-order valence-corrected chi connectivity index (χ1v) is 10.9. The van der Waals surface area contributed by atoms with E-state index in [-0.39, 0.29) is 47.4 Å². The Labute approximate surface area is 190 Å². The van der Waals surface area contributed by atoms with Crippen molar-refractivity contribution in [2.45, 2.75) is 71.9 Å². The molecule has 0 radical (unpaired) electrons.